The molecule has 0 atom stereocenters. The van der Waals surface area contributed by atoms with Crippen molar-refractivity contribution in [1.29, 1.82) is 0 Å². The quantitative estimate of drug-likeness (QED) is 0.779. The summed E-state index contributed by atoms with van der Waals surface area (Å²) in [6.45, 7) is 1.58. The summed E-state index contributed by atoms with van der Waals surface area (Å²) in [4.78, 5) is 17.7. The minimum atomic E-state index is -3.47. The lowest BCUT2D eigenvalue weighted by Gasteiger charge is -2.37. The van der Waals surface area contributed by atoms with E-state index < -0.39 is 10.0 Å². The Morgan fingerprint density at radius 1 is 1.32 bits per heavy atom. The molecule has 2 aliphatic rings. The number of hydrogen-bond acceptors (Lipinski definition) is 4. The molecular formula is C11H16N4O3S. The molecule has 104 valence electrons. The van der Waals surface area contributed by atoms with Gasteiger partial charge in [-0.25, -0.2) is 13.4 Å². The average Bonchev–Trinajstić information content (AvgIpc) is 3.01. The molecule has 0 aliphatic carbocycles. The molecule has 0 aromatic carbocycles. The van der Waals surface area contributed by atoms with Gasteiger partial charge in [0, 0.05) is 26.1 Å². The van der Waals surface area contributed by atoms with Crippen molar-refractivity contribution in [1.82, 2.24) is 19.6 Å². The van der Waals surface area contributed by atoms with Crippen LogP contribution in [0.3, 0.4) is 0 Å². The predicted octanol–water partition coefficient (Wildman–Crippen LogP) is -0.299. The molecule has 2 fully saturated rings. The van der Waals surface area contributed by atoms with Crippen molar-refractivity contribution in [2.24, 2.45) is 5.41 Å². The second-order valence-electron chi connectivity index (χ2n) is 5.27. The zero-order chi connectivity index (χ0) is 13.5. The van der Waals surface area contributed by atoms with Crippen molar-refractivity contribution >= 4 is 15.9 Å². The Hall–Kier alpha value is -1.41. The van der Waals surface area contributed by atoms with Gasteiger partial charge in [0.15, 0.2) is 5.03 Å². The summed E-state index contributed by atoms with van der Waals surface area (Å²) in [5.74, 6) is 0.0740. The van der Waals surface area contributed by atoms with Crippen LogP contribution in [0.2, 0.25) is 0 Å². The Morgan fingerprint density at radius 2 is 2.05 bits per heavy atom. The van der Waals surface area contributed by atoms with Crippen LogP contribution >= 0.6 is 0 Å². The SMILES string of the molecule is O=C1CC2(CCN(S(=O)(=O)c3cnc[nH]3)CC2)CN1. The van der Waals surface area contributed by atoms with Gasteiger partial charge in [-0.05, 0) is 18.3 Å². The first-order chi connectivity index (χ1) is 9.02. The van der Waals surface area contributed by atoms with E-state index in [0.717, 1.165) is 12.8 Å². The van der Waals surface area contributed by atoms with E-state index >= 15 is 0 Å². The van der Waals surface area contributed by atoms with Gasteiger partial charge in [0.1, 0.15) is 0 Å². The van der Waals surface area contributed by atoms with E-state index in [1.54, 1.807) is 0 Å². The van der Waals surface area contributed by atoms with Crippen molar-refractivity contribution in [3.05, 3.63) is 12.5 Å². The lowest BCUT2D eigenvalue weighted by Crippen LogP contribution is -2.44. The topological polar surface area (TPSA) is 95.2 Å². The van der Waals surface area contributed by atoms with E-state index in [4.69, 9.17) is 0 Å². The molecule has 0 bridgehead atoms. The number of piperidine rings is 1. The van der Waals surface area contributed by atoms with Gasteiger partial charge in [0.05, 0.1) is 12.5 Å². The van der Waals surface area contributed by atoms with Gasteiger partial charge in [-0.2, -0.15) is 4.31 Å². The summed E-state index contributed by atoms with van der Waals surface area (Å²) < 4.78 is 26.0. The zero-order valence-corrected chi connectivity index (χ0v) is 11.2. The van der Waals surface area contributed by atoms with Crippen LogP contribution in [0.5, 0.6) is 0 Å². The maximum absolute atomic E-state index is 12.3. The zero-order valence-electron chi connectivity index (χ0n) is 10.4. The maximum Gasteiger partial charge on any atom is 0.260 e. The van der Waals surface area contributed by atoms with Crippen LogP contribution in [0.15, 0.2) is 17.6 Å². The molecule has 1 aromatic rings. The highest BCUT2D eigenvalue weighted by Gasteiger charge is 2.43. The fraction of sp³-hybridized carbons (Fsp3) is 0.636. The molecule has 2 saturated heterocycles. The fourth-order valence-corrected chi connectivity index (χ4v) is 4.17. The van der Waals surface area contributed by atoms with Crippen LogP contribution in [0.25, 0.3) is 0 Å². The number of nitrogens with zero attached hydrogens (tertiary/aromatic N) is 2. The summed E-state index contributed by atoms with van der Waals surface area (Å²) in [6.07, 6.45) is 4.64. The summed E-state index contributed by atoms with van der Waals surface area (Å²) in [5.41, 5.74) is -0.0446. The lowest BCUT2D eigenvalue weighted by molar-refractivity contribution is -0.119. The Balaban J connectivity index is 1.72. The third kappa shape index (κ3) is 2.14. The first-order valence-electron chi connectivity index (χ1n) is 6.27. The van der Waals surface area contributed by atoms with Gasteiger partial charge in [-0.3, -0.25) is 4.79 Å². The molecule has 0 saturated carbocycles. The molecule has 7 nitrogen and oxygen atoms in total. The maximum atomic E-state index is 12.3. The Morgan fingerprint density at radius 3 is 2.58 bits per heavy atom. The molecule has 0 unspecified atom stereocenters. The van der Waals surface area contributed by atoms with Crippen LogP contribution in [0.1, 0.15) is 19.3 Å². The van der Waals surface area contributed by atoms with Gasteiger partial charge in [0.2, 0.25) is 5.91 Å². The van der Waals surface area contributed by atoms with E-state index in [0.29, 0.717) is 26.1 Å². The minimum absolute atomic E-state index is 0.0446. The van der Waals surface area contributed by atoms with E-state index in [9.17, 15) is 13.2 Å². The Kier molecular flexibility index (Phi) is 2.86. The third-order valence-electron chi connectivity index (χ3n) is 4.07. The number of carbonyl (C=O) groups is 1. The molecule has 2 N–H and O–H groups in total. The summed E-state index contributed by atoms with van der Waals surface area (Å²) in [6, 6.07) is 0. The van der Waals surface area contributed by atoms with E-state index in [1.807, 2.05) is 0 Å². The van der Waals surface area contributed by atoms with Crippen molar-refractivity contribution in [3.8, 4) is 0 Å². The molecule has 1 amide bonds. The monoisotopic (exact) mass is 284 g/mol. The average molecular weight is 284 g/mol. The van der Waals surface area contributed by atoms with Crippen LogP contribution in [0.4, 0.5) is 0 Å². The Labute approximate surface area is 111 Å². The van der Waals surface area contributed by atoms with Crippen molar-refractivity contribution in [3.63, 3.8) is 0 Å². The van der Waals surface area contributed by atoms with Crippen LogP contribution < -0.4 is 5.32 Å². The highest BCUT2D eigenvalue weighted by Crippen LogP contribution is 2.38. The number of amides is 1. The lowest BCUT2D eigenvalue weighted by atomic mass is 9.78. The smallest absolute Gasteiger partial charge is 0.260 e. The van der Waals surface area contributed by atoms with Gasteiger partial charge >= 0.3 is 0 Å². The molecular weight excluding hydrogens is 268 g/mol. The number of nitrogens with one attached hydrogen (secondary N) is 2. The number of H-pyrrole nitrogens is 1. The number of aromatic amines is 1. The fourth-order valence-electron chi connectivity index (χ4n) is 2.83. The normalized spacial score (nSPS) is 23.7. The Bertz CT molecular complexity index is 573. The van der Waals surface area contributed by atoms with Gasteiger partial charge in [-0.15, -0.1) is 0 Å². The standard InChI is InChI=1S/C11H16N4O3S/c16-9-5-11(7-13-9)1-3-15(4-2-11)19(17,18)10-6-12-8-14-10/h6,8H,1-5,7H2,(H,12,14)(H,13,16). The largest absolute Gasteiger partial charge is 0.356 e. The van der Waals surface area contributed by atoms with Gasteiger partial charge < -0.3 is 10.3 Å². The summed E-state index contributed by atoms with van der Waals surface area (Å²) >= 11 is 0. The molecule has 1 spiro atoms. The molecule has 19 heavy (non-hydrogen) atoms. The number of sulfonamides is 1. The first-order valence-corrected chi connectivity index (χ1v) is 7.71. The molecule has 0 radical (unpaired) electrons. The van der Waals surface area contributed by atoms with Crippen molar-refractivity contribution < 1.29 is 13.2 Å². The van der Waals surface area contributed by atoms with Gasteiger partial charge in [0.25, 0.3) is 10.0 Å². The van der Waals surface area contributed by atoms with Crippen LogP contribution in [-0.2, 0) is 14.8 Å². The molecule has 3 heterocycles. The second kappa shape index (κ2) is 4.31. The minimum Gasteiger partial charge on any atom is -0.356 e. The number of aromatic nitrogens is 2. The molecule has 2 aliphatic heterocycles. The van der Waals surface area contributed by atoms with E-state index in [1.165, 1.54) is 16.8 Å². The van der Waals surface area contributed by atoms with Crippen LogP contribution in [-0.4, -0.2) is 48.2 Å². The number of imidazole rings is 1. The highest BCUT2D eigenvalue weighted by atomic mass is 32.2. The second-order valence-corrected chi connectivity index (χ2v) is 7.18. The number of hydrogen-bond donors (Lipinski definition) is 2. The summed E-state index contributed by atoms with van der Waals surface area (Å²) in [7, 11) is -3.47. The summed E-state index contributed by atoms with van der Waals surface area (Å²) in [5, 5.41) is 2.97. The van der Waals surface area contributed by atoms with Crippen molar-refractivity contribution in [2.45, 2.75) is 24.3 Å². The molecule has 1 aromatic heterocycles. The number of rotatable bonds is 2. The van der Waals surface area contributed by atoms with E-state index in [2.05, 4.69) is 15.3 Å². The van der Waals surface area contributed by atoms with Crippen LogP contribution in [0, 0.1) is 5.41 Å². The molecule has 3 rings (SSSR count). The number of carbonyl (C=O) groups excluding carboxylic acids is 1. The van der Waals surface area contributed by atoms with Crippen molar-refractivity contribution in [2.75, 3.05) is 19.6 Å². The van der Waals surface area contributed by atoms with Gasteiger partial charge in [-0.1, -0.05) is 0 Å². The molecule has 8 heteroatoms. The first kappa shape index (κ1) is 12.6. The third-order valence-corrected chi connectivity index (χ3v) is 5.89. The van der Waals surface area contributed by atoms with E-state index in [-0.39, 0.29) is 16.3 Å². The predicted molar refractivity (Wildman–Crippen MR) is 66.6 cm³/mol. The highest BCUT2D eigenvalue weighted by molar-refractivity contribution is 7.89.